The van der Waals surface area contributed by atoms with E-state index >= 15 is 0 Å². The number of halogens is 1. The zero-order chi connectivity index (χ0) is 12.0. The number of hydrogen-bond donors (Lipinski definition) is 1. The summed E-state index contributed by atoms with van der Waals surface area (Å²) in [6.07, 6.45) is 0. The zero-order valence-electron chi connectivity index (χ0n) is 9.19. The lowest BCUT2D eigenvalue weighted by Gasteiger charge is -2.28. The van der Waals surface area contributed by atoms with Gasteiger partial charge in [-0.3, -0.25) is 4.79 Å². The first-order valence-corrected chi connectivity index (χ1v) is 5.07. The van der Waals surface area contributed by atoms with Crippen molar-refractivity contribution in [2.45, 2.75) is 13.0 Å². The minimum absolute atomic E-state index is 0.0104. The second-order valence-corrected chi connectivity index (χ2v) is 3.69. The number of rotatable bonds is 0. The monoisotopic (exact) mass is 220 g/mol. The lowest BCUT2D eigenvalue weighted by atomic mass is 10.1. The molecule has 0 spiro atoms. The van der Waals surface area contributed by atoms with Crippen LogP contribution in [0.1, 0.15) is 6.92 Å². The van der Waals surface area contributed by atoms with E-state index in [0.717, 1.165) is 6.54 Å². The number of nitrogens with zero attached hydrogens (tertiary/aromatic N) is 1. The average Bonchev–Trinajstić information content (AvgIpc) is 2.17. The maximum absolute atomic E-state index is 11.9. The van der Waals surface area contributed by atoms with E-state index in [9.17, 15) is 9.18 Å². The predicted octanol–water partition coefficient (Wildman–Crippen LogP) is 0.716. The topological polar surface area (TPSA) is 32.3 Å². The van der Waals surface area contributed by atoms with E-state index in [1.54, 1.807) is 18.2 Å². The Labute approximate surface area is 96.1 Å². The van der Waals surface area contributed by atoms with Gasteiger partial charge in [0.05, 0.1) is 6.54 Å². The van der Waals surface area contributed by atoms with Crippen LogP contribution in [-0.4, -0.2) is 37.8 Å². The normalized spacial score (nSPS) is 20.6. The summed E-state index contributed by atoms with van der Waals surface area (Å²) in [7, 11) is 5.39. The summed E-state index contributed by atoms with van der Waals surface area (Å²) in [5.41, 5.74) is 0. The van der Waals surface area contributed by atoms with Gasteiger partial charge in [-0.1, -0.05) is 18.2 Å². The molecule has 0 aromatic heterocycles. The predicted molar refractivity (Wildman–Crippen MR) is 61.3 cm³/mol. The van der Waals surface area contributed by atoms with E-state index in [4.69, 9.17) is 7.98 Å². The first kappa shape index (κ1) is 12.7. The van der Waals surface area contributed by atoms with Crippen molar-refractivity contribution in [1.29, 1.82) is 0 Å². The van der Waals surface area contributed by atoms with Crippen LogP contribution in [0.5, 0.6) is 0 Å². The Morgan fingerprint density at radius 3 is 2.44 bits per heavy atom. The fourth-order valence-electron chi connectivity index (χ4n) is 1.38. The number of carbonyl (C=O) groups is 1. The van der Waals surface area contributed by atoms with Crippen molar-refractivity contribution in [2.24, 2.45) is 0 Å². The van der Waals surface area contributed by atoms with Crippen molar-refractivity contribution in [3.63, 3.8) is 0 Å². The number of nitrogens with one attached hydrogen (secondary N) is 1. The van der Waals surface area contributed by atoms with Gasteiger partial charge in [-0.15, -0.1) is 0 Å². The molecule has 1 aromatic carbocycles. The van der Waals surface area contributed by atoms with Crippen molar-refractivity contribution in [3.05, 3.63) is 36.1 Å². The molecule has 2 rings (SSSR count). The zero-order valence-corrected chi connectivity index (χ0v) is 9.19. The highest BCUT2D eigenvalue weighted by Crippen LogP contribution is 1.93. The molecule has 5 heteroatoms. The van der Waals surface area contributed by atoms with Crippen molar-refractivity contribution in [1.82, 2.24) is 10.1 Å². The molecule has 1 aliphatic heterocycles. The van der Waals surface area contributed by atoms with E-state index in [1.807, 2.05) is 6.92 Å². The lowest BCUT2D eigenvalue weighted by molar-refractivity contribution is -0.123. The summed E-state index contributed by atoms with van der Waals surface area (Å²) < 4.78 is 11.9. The van der Waals surface area contributed by atoms with Gasteiger partial charge in [0.1, 0.15) is 5.82 Å². The molecule has 1 unspecified atom stereocenters. The Kier molecular flexibility index (Phi) is 4.99. The fraction of sp³-hybridized carbons (Fsp3) is 0.364. The first-order valence-electron chi connectivity index (χ1n) is 5.07. The molecule has 1 saturated heterocycles. The van der Waals surface area contributed by atoms with Gasteiger partial charge in [-0.2, -0.15) is 0 Å². The molecule has 1 aliphatic rings. The molecule has 84 valence electrons. The van der Waals surface area contributed by atoms with Crippen LogP contribution in [0.15, 0.2) is 30.3 Å². The van der Waals surface area contributed by atoms with Crippen LogP contribution in [0.3, 0.4) is 0 Å². The molecular formula is C11H14BFN2O. The number of hydrogen-bond acceptors (Lipinski definition) is 2. The molecule has 1 amide bonds. The van der Waals surface area contributed by atoms with E-state index in [0.29, 0.717) is 6.54 Å². The Bertz CT molecular complexity index is 322. The molecule has 0 bridgehead atoms. The Hall–Kier alpha value is -1.36. The van der Waals surface area contributed by atoms with Gasteiger partial charge in [0.2, 0.25) is 5.91 Å². The van der Waals surface area contributed by atoms with Crippen LogP contribution in [0.4, 0.5) is 4.39 Å². The minimum Gasteiger partial charge on any atom is -0.351 e. The first-order chi connectivity index (χ1) is 7.58. The van der Waals surface area contributed by atoms with Crippen molar-refractivity contribution in [3.8, 4) is 0 Å². The molecule has 1 fully saturated rings. The van der Waals surface area contributed by atoms with E-state index in [1.165, 1.54) is 16.9 Å². The summed E-state index contributed by atoms with van der Waals surface area (Å²) in [4.78, 5) is 12.2. The maximum atomic E-state index is 11.9. The number of amides is 1. The molecular weight excluding hydrogens is 206 g/mol. The Morgan fingerprint density at radius 1 is 1.44 bits per heavy atom. The standard InChI is InChI=1S/C6H5F.C5H9BN2O/c7-6-4-2-1-3-5-6;1-4-2-8(6)3-5(9)7-4/h1-5H;4H,2-3H2,1H3,(H,7,9). The second kappa shape index (κ2) is 6.28. The third kappa shape index (κ3) is 4.93. The third-order valence-corrected chi connectivity index (χ3v) is 2.00. The van der Waals surface area contributed by atoms with Gasteiger partial charge >= 0.3 is 0 Å². The largest absolute Gasteiger partial charge is 0.351 e. The van der Waals surface area contributed by atoms with Crippen molar-refractivity contribution < 1.29 is 9.18 Å². The van der Waals surface area contributed by atoms with E-state index in [-0.39, 0.29) is 17.8 Å². The van der Waals surface area contributed by atoms with Gasteiger partial charge in [-0.25, -0.2) is 4.39 Å². The van der Waals surface area contributed by atoms with E-state index < -0.39 is 0 Å². The Balaban J connectivity index is 0.000000165. The van der Waals surface area contributed by atoms with Gasteiger partial charge in [0.15, 0.2) is 7.98 Å². The van der Waals surface area contributed by atoms with Gasteiger partial charge in [-0.05, 0) is 19.1 Å². The van der Waals surface area contributed by atoms with Crippen LogP contribution in [0.25, 0.3) is 0 Å². The molecule has 1 aromatic rings. The van der Waals surface area contributed by atoms with Gasteiger partial charge < -0.3 is 10.1 Å². The molecule has 0 aliphatic carbocycles. The average molecular weight is 220 g/mol. The van der Waals surface area contributed by atoms with Crippen LogP contribution in [0.2, 0.25) is 0 Å². The summed E-state index contributed by atoms with van der Waals surface area (Å²) >= 11 is 0. The summed E-state index contributed by atoms with van der Waals surface area (Å²) in [5, 5.41) is 2.75. The smallest absolute Gasteiger partial charge is 0.233 e. The van der Waals surface area contributed by atoms with Crippen LogP contribution < -0.4 is 5.32 Å². The van der Waals surface area contributed by atoms with E-state index in [2.05, 4.69) is 5.32 Å². The maximum Gasteiger partial charge on any atom is 0.233 e. The minimum atomic E-state index is -0.178. The van der Waals surface area contributed by atoms with Crippen LogP contribution in [0, 0.1) is 5.82 Å². The van der Waals surface area contributed by atoms with Crippen molar-refractivity contribution >= 4 is 13.9 Å². The molecule has 1 atom stereocenters. The van der Waals surface area contributed by atoms with Crippen LogP contribution in [-0.2, 0) is 4.79 Å². The quantitative estimate of drug-likeness (QED) is 0.653. The van der Waals surface area contributed by atoms with Crippen LogP contribution >= 0.6 is 0 Å². The molecule has 16 heavy (non-hydrogen) atoms. The number of benzene rings is 1. The van der Waals surface area contributed by atoms with Crippen molar-refractivity contribution in [2.75, 3.05) is 13.1 Å². The SMILES string of the molecule is Fc1ccccc1.[B]N1CC(=O)NC(C)C1. The number of carbonyl (C=O) groups excluding carboxylic acids is 1. The summed E-state index contributed by atoms with van der Waals surface area (Å²) in [5.74, 6) is -0.168. The molecule has 0 saturated carbocycles. The number of piperazine rings is 1. The molecule has 2 radical (unpaired) electrons. The second-order valence-electron chi connectivity index (χ2n) is 3.69. The third-order valence-electron chi connectivity index (χ3n) is 2.00. The highest BCUT2D eigenvalue weighted by atomic mass is 19.1. The summed E-state index contributed by atoms with van der Waals surface area (Å²) in [6, 6.07) is 8.13. The molecule has 1 heterocycles. The highest BCUT2D eigenvalue weighted by molar-refractivity contribution is 6.06. The molecule has 1 N–H and O–H groups in total. The van der Waals surface area contributed by atoms with Gasteiger partial charge in [0.25, 0.3) is 0 Å². The highest BCUT2D eigenvalue weighted by Gasteiger charge is 2.16. The fourth-order valence-corrected chi connectivity index (χ4v) is 1.38. The Morgan fingerprint density at radius 2 is 2.06 bits per heavy atom. The summed E-state index contributed by atoms with van der Waals surface area (Å²) in [6.45, 7) is 2.99. The van der Waals surface area contributed by atoms with Gasteiger partial charge in [0, 0.05) is 12.6 Å². The lowest BCUT2D eigenvalue weighted by Crippen LogP contribution is -2.51. The molecule has 3 nitrogen and oxygen atoms in total.